The van der Waals surface area contributed by atoms with Crippen LogP contribution in [0.4, 0.5) is 5.69 Å². The highest BCUT2D eigenvalue weighted by atomic mass is 16.2. The van der Waals surface area contributed by atoms with Crippen LogP contribution in [0.3, 0.4) is 0 Å². The second-order valence-electron chi connectivity index (χ2n) is 4.78. The molecule has 4 heteroatoms. The van der Waals surface area contributed by atoms with Crippen LogP contribution in [0, 0.1) is 0 Å². The summed E-state index contributed by atoms with van der Waals surface area (Å²) in [7, 11) is 1.61. The molecule has 112 valence electrons. The summed E-state index contributed by atoms with van der Waals surface area (Å²) in [6, 6.07) is 16.8. The van der Waals surface area contributed by atoms with Gasteiger partial charge in [0, 0.05) is 18.8 Å². The Kier molecular flexibility index (Phi) is 5.49. The molecular weight excluding hydrogens is 276 g/mol. The predicted octanol–water partition coefficient (Wildman–Crippen LogP) is 2.63. The molecule has 0 bridgehead atoms. The summed E-state index contributed by atoms with van der Waals surface area (Å²) < 4.78 is 0. The standard InChI is InChI=1S/C18H18N2O2/c1-19-18(22)13-15-7-10-16(11-8-15)20-17(21)12-9-14-5-3-2-4-6-14/h2-12H,13H2,1H3,(H,19,22)(H,20,21)/b12-9+. The summed E-state index contributed by atoms with van der Waals surface area (Å²) in [6.07, 6.45) is 3.59. The van der Waals surface area contributed by atoms with Gasteiger partial charge in [0.2, 0.25) is 11.8 Å². The molecule has 22 heavy (non-hydrogen) atoms. The van der Waals surface area contributed by atoms with Gasteiger partial charge < -0.3 is 10.6 Å². The number of hydrogen-bond donors (Lipinski definition) is 2. The van der Waals surface area contributed by atoms with E-state index < -0.39 is 0 Å². The van der Waals surface area contributed by atoms with E-state index in [9.17, 15) is 9.59 Å². The Hall–Kier alpha value is -2.88. The lowest BCUT2D eigenvalue weighted by Crippen LogP contribution is -2.19. The maximum atomic E-state index is 11.8. The molecule has 0 saturated carbocycles. The number of carbonyl (C=O) groups excluding carboxylic acids is 2. The van der Waals surface area contributed by atoms with E-state index in [1.165, 1.54) is 6.08 Å². The predicted molar refractivity (Wildman–Crippen MR) is 88.3 cm³/mol. The summed E-state index contributed by atoms with van der Waals surface area (Å²) in [6.45, 7) is 0. The summed E-state index contributed by atoms with van der Waals surface area (Å²) in [4.78, 5) is 23.1. The molecule has 0 saturated heterocycles. The molecule has 2 aromatic rings. The van der Waals surface area contributed by atoms with E-state index in [2.05, 4.69) is 10.6 Å². The highest BCUT2D eigenvalue weighted by molar-refractivity contribution is 6.01. The van der Waals surface area contributed by atoms with Gasteiger partial charge in [0.1, 0.15) is 0 Å². The van der Waals surface area contributed by atoms with Crippen molar-refractivity contribution in [3.8, 4) is 0 Å². The Morgan fingerprint density at radius 1 is 1.00 bits per heavy atom. The van der Waals surface area contributed by atoms with Crippen molar-refractivity contribution in [2.75, 3.05) is 12.4 Å². The van der Waals surface area contributed by atoms with Crippen molar-refractivity contribution in [3.63, 3.8) is 0 Å². The smallest absolute Gasteiger partial charge is 0.248 e. The average Bonchev–Trinajstić information content (AvgIpc) is 2.55. The Bertz CT molecular complexity index is 661. The van der Waals surface area contributed by atoms with Gasteiger partial charge in [-0.1, -0.05) is 42.5 Å². The van der Waals surface area contributed by atoms with E-state index in [1.807, 2.05) is 42.5 Å². The van der Waals surface area contributed by atoms with Gasteiger partial charge in [0.15, 0.2) is 0 Å². The number of likely N-dealkylation sites (N-methyl/N-ethyl adjacent to an activating group) is 1. The highest BCUT2D eigenvalue weighted by Gasteiger charge is 2.02. The third-order valence-corrected chi connectivity index (χ3v) is 3.09. The summed E-state index contributed by atoms with van der Waals surface area (Å²) >= 11 is 0. The molecular formula is C18H18N2O2. The van der Waals surface area contributed by atoms with Gasteiger partial charge in [-0.05, 0) is 29.3 Å². The van der Waals surface area contributed by atoms with Gasteiger partial charge in [-0.25, -0.2) is 0 Å². The first-order valence-electron chi connectivity index (χ1n) is 7.01. The maximum Gasteiger partial charge on any atom is 0.248 e. The van der Waals surface area contributed by atoms with Gasteiger partial charge in [-0.2, -0.15) is 0 Å². The molecule has 2 N–H and O–H groups in total. The minimum Gasteiger partial charge on any atom is -0.359 e. The molecule has 0 spiro atoms. The minimum atomic E-state index is -0.192. The van der Waals surface area contributed by atoms with Crippen LogP contribution in [0.5, 0.6) is 0 Å². The van der Waals surface area contributed by atoms with E-state index in [4.69, 9.17) is 0 Å². The van der Waals surface area contributed by atoms with Crippen molar-refractivity contribution in [2.45, 2.75) is 6.42 Å². The second kappa shape index (κ2) is 7.78. The lowest BCUT2D eigenvalue weighted by atomic mass is 10.1. The fourth-order valence-electron chi connectivity index (χ4n) is 1.90. The van der Waals surface area contributed by atoms with E-state index in [0.717, 1.165) is 11.1 Å². The van der Waals surface area contributed by atoms with Crippen molar-refractivity contribution < 1.29 is 9.59 Å². The molecule has 0 aliphatic rings. The molecule has 0 aliphatic heterocycles. The molecule has 0 unspecified atom stereocenters. The summed E-state index contributed by atoms with van der Waals surface area (Å²) in [5.41, 5.74) is 2.57. The van der Waals surface area contributed by atoms with Crippen LogP contribution < -0.4 is 10.6 Å². The molecule has 0 atom stereocenters. The molecule has 0 aromatic heterocycles. The van der Waals surface area contributed by atoms with E-state index in [-0.39, 0.29) is 11.8 Å². The SMILES string of the molecule is CNC(=O)Cc1ccc(NC(=O)/C=C/c2ccccc2)cc1. The molecule has 0 aliphatic carbocycles. The minimum absolute atomic E-state index is 0.0393. The van der Waals surface area contributed by atoms with Gasteiger partial charge in [0.05, 0.1) is 6.42 Å². The first-order chi connectivity index (χ1) is 10.7. The van der Waals surface area contributed by atoms with Gasteiger partial charge in [0.25, 0.3) is 0 Å². The maximum absolute atomic E-state index is 11.8. The molecule has 2 rings (SSSR count). The Morgan fingerprint density at radius 2 is 1.68 bits per heavy atom. The first-order valence-corrected chi connectivity index (χ1v) is 7.01. The number of rotatable bonds is 5. The van der Waals surface area contributed by atoms with Crippen LogP contribution in [-0.2, 0) is 16.0 Å². The van der Waals surface area contributed by atoms with Crippen molar-refractivity contribution in [2.24, 2.45) is 0 Å². The van der Waals surface area contributed by atoms with Gasteiger partial charge >= 0.3 is 0 Å². The van der Waals surface area contributed by atoms with Crippen LogP contribution in [0.15, 0.2) is 60.7 Å². The van der Waals surface area contributed by atoms with Crippen LogP contribution in [-0.4, -0.2) is 18.9 Å². The Morgan fingerprint density at radius 3 is 2.32 bits per heavy atom. The second-order valence-corrected chi connectivity index (χ2v) is 4.78. The summed E-state index contributed by atoms with van der Waals surface area (Å²) in [5.74, 6) is -0.231. The fraction of sp³-hybridized carbons (Fsp3) is 0.111. The largest absolute Gasteiger partial charge is 0.359 e. The molecule has 0 heterocycles. The molecule has 0 radical (unpaired) electrons. The lowest BCUT2D eigenvalue weighted by molar-refractivity contribution is -0.120. The number of carbonyl (C=O) groups is 2. The molecule has 0 fully saturated rings. The van der Waals surface area contributed by atoms with Gasteiger partial charge in [-0.3, -0.25) is 9.59 Å². The number of nitrogens with one attached hydrogen (secondary N) is 2. The quantitative estimate of drug-likeness (QED) is 0.833. The zero-order chi connectivity index (χ0) is 15.8. The summed E-state index contributed by atoms with van der Waals surface area (Å²) in [5, 5.41) is 5.36. The third-order valence-electron chi connectivity index (χ3n) is 3.09. The molecule has 2 aromatic carbocycles. The number of hydrogen-bond acceptors (Lipinski definition) is 2. The zero-order valence-corrected chi connectivity index (χ0v) is 12.4. The van der Waals surface area contributed by atoms with E-state index in [0.29, 0.717) is 12.1 Å². The van der Waals surface area contributed by atoms with Crippen molar-refractivity contribution >= 4 is 23.6 Å². The van der Waals surface area contributed by atoms with Crippen LogP contribution in [0.2, 0.25) is 0 Å². The topological polar surface area (TPSA) is 58.2 Å². The van der Waals surface area contributed by atoms with Crippen LogP contribution >= 0.6 is 0 Å². The van der Waals surface area contributed by atoms with Crippen molar-refractivity contribution in [1.29, 1.82) is 0 Å². The average molecular weight is 294 g/mol. The van der Waals surface area contributed by atoms with Crippen LogP contribution in [0.1, 0.15) is 11.1 Å². The monoisotopic (exact) mass is 294 g/mol. The van der Waals surface area contributed by atoms with E-state index in [1.54, 1.807) is 25.3 Å². The van der Waals surface area contributed by atoms with Crippen LogP contribution in [0.25, 0.3) is 6.08 Å². The molecule has 4 nitrogen and oxygen atoms in total. The van der Waals surface area contributed by atoms with Crippen molar-refractivity contribution in [3.05, 3.63) is 71.8 Å². The third kappa shape index (κ3) is 4.90. The normalized spacial score (nSPS) is 10.4. The number of anilines is 1. The lowest BCUT2D eigenvalue weighted by Gasteiger charge is -2.04. The molecule has 2 amide bonds. The van der Waals surface area contributed by atoms with Crippen molar-refractivity contribution in [1.82, 2.24) is 5.32 Å². The van der Waals surface area contributed by atoms with E-state index >= 15 is 0 Å². The number of benzene rings is 2. The first kappa shape index (κ1) is 15.5. The number of amides is 2. The van der Waals surface area contributed by atoms with Gasteiger partial charge in [-0.15, -0.1) is 0 Å². The fourth-order valence-corrected chi connectivity index (χ4v) is 1.90. The Labute approximate surface area is 129 Å². The Balaban J connectivity index is 1.91. The highest BCUT2D eigenvalue weighted by Crippen LogP contribution is 2.10. The zero-order valence-electron chi connectivity index (χ0n) is 12.4.